The molecule has 2 amide bonds. The van der Waals surface area contributed by atoms with Crippen molar-refractivity contribution in [2.75, 3.05) is 19.7 Å². The summed E-state index contributed by atoms with van der Waals surface area (Å²) in [6.07, 6.45) is 0.140. The number of aliphatic hydroxyl groups is 1. The van der Waals surface area contributed by atoms with Crippen molar-refractivity contribution in [1.82, 2.24) is 10.2 Å². The number of hydrogen-bond acceptors (Lipinski definition) is 4. The molecule has 0 radical (unpaired) electrons. The van der Waals surface area contributed by atoms with Crippen LogP contribution in [0.1, 0.15) is 26.2 Å². The molecule has 0 saturated carbocycles. The summed E-state index contributed by atoms with van der Waals surface area (Å²) in [7, 11) is 0. The van der Waals surface area contributed by atoms with Gasteiger partial charge in [0.2, 0.25) is 0 Å². The van der Waals surface area contributed by atoms with Crippen LogP contribution in [0.15, 0.2) is 0 Å². The quantitative estimate of drug-likeness (QED) is 0.458. The largest absolute Gasteiger partial charge is 0.481 e. The summed E-state index contributed by atoms with van der Waals surface area (Å²) in [5, 5.41) is 28.5. The van der Waals surface area contributed by atoms with Gasteiger partial charge in [-0.15, -0.1) is 0 Å². The Labute approximate surface area is 111 Å². The zero-order valence-electron chi connectivity index (χ0n) is 10.8. The molecule has 19 heavy (non-hydrogen) atoms. The number of rotatable bonds is 9. The summed E-state index contributed by atoms with van der Waals surface area (Å²) in [4.78, 5) is 34.4. The van der Waals surface area contributed by atoms with Crippen molar-refractivity contribution in [3.05, 3.63) is 0 Å². The summed E-state index contributed by atoms with van der Waals surface area (Å²) in [5.41, 5.74) is 0. The molecule has 0 fully saturated rings. The predicted octanol–water partition coefficient (Wildman–Crippen LogP) is -0.282. The topological polar surface area (TPSA) is 127 Å². The normalized spacial score (nSPS) is 11.7. The maximum atomic E-state index is 11.8. The lowest BCUT2D eigenvalue weighted by Crippen LogP contribution is -2.49. The minimum atomic E-state index is -1.28. The van der Waals surface area contributed by atoms with Gasteiger partial charge < -0.3 is 25.5 Å². The lowest BCUT2D eigenvalue weighted by Gasteiger charge is -2.23. The standard InChI is InChI=1S/C11H20N2O6/c1-2-5-13(6-7-14)11(19)12-8(10(17)18)3-4-9(15)16/h8,14H,2-7H2,1H3,(H,12,19)(H,15,16)(H,17,18). The molecule has 0 spiro atoms. The van der Waals surface area contributed by atoms with Gasteiger partial charge in [0.15, 0.2) is 0 Å². The van der Waals surface area contributed by atoms with Crippen LogP contribution in [0, 0.1) is 0 Å². The van der Waals surface area contributed by atoms with Gasteiger partial charge in [-0.05, 0) is 12.8 Å². The van der Waals surface area contributed by atoms with E-state index in [1.165, 1.54) is 4.90 Å². The minimum Gasteiger partial charge on any atom is -0.481 e. The van der Waals surface area contributed by atoms with Gasteiger partial charge in [-0.25, -0.2) is 9.59 Å². The smallest absolute Gasteiger partial charge is 0.326 e. The SMILES string of the molecule is CCCN(CCO)C(=O)NC(CCC(=O)O)C(=O)O. The highest BCUT2D eigenvalue weighted by Crippen LogP contribution is 2.01. The van der Waals surface area contributed by atoms with E-state index in [1.54, 1.807) is 0 Å². The Morgan fingerprint density at radius 3 is 2.26 bits per heavy atom. The van der Waals surface area contributed by atoms with Crippen LogP contribution in [-0.4, -0.2) is 63.9 Å². The molecule has 1 atom stereocenters. The number of carbonyl (C=O) groups excluding carboxylic acids is 1. The molecule has 0 aliphatic rings. The molecule has 0 bridgehead atoms. The number of carbonyl (C=O) groups is 3. The van der Waals surface area contributed by atoms with Gasteiger partial charge in [-0.3, -0.25) is 4.79 Å². The highest BCUT2D eigenvalue weighted by molar-refractivity contribution is 5.83. The minimum absolute atomic E-state index is 0.102. The molecule has 0 aromatic heterocycles. The van der Waals surface area contributed by atoms with Crippen LogP contribution in [0.25, 0.3) is 0 Å². The Balaban J connectivity index is 4.49. The summed E-state index contributed by atoms with van der Waals surface area (Å²) < 4.78 is 0. The van der Waals surface area contributed by atoms with Crippen LogP contribution in [0.5, 0.6) is 0 Å². The first-order valence-corrected chi connectivity index (χ1v) is 6.03. The second kappa shape index (κ2) is 9.15. The van der Waals surface area contributed by atoms with E-state index in [1.807, 2.05) is 6.92 Å². The lowest BCUT2D eigenvalue weighted by atomic mass is 10.1. The fraction of sp³-hybridized carbons (Fsp3) is 0.727. The third kappa shape index (κ3) is 7.24. The van der Waals surface area contributed by atoms with Gasteiger partial charge in [0.1, 0.15) is 6.04 Å². The number of carboxylic acid groups (broad SMARTS) is 2. The van der Waals surface area contributed by atoms with E-state index < -0.39 is 24.0 Å². The van der Waals surface area contributed by atoms with E-state index >= 15 is 0 Å². The van der Waals surface area contributed by atoms with Crippen LogP contribution in [0.2, 0.25) is 0 Å². The van der Waals surface area contributed by atoms with Gasteiger partial charge >= 0.3 is 18.0 Å². The second-order valence-corrected chi connectivity index (χ2v) is 3.98. The van der Waals surface area contributed by atoms with E-state index in [9.17, 15) is 14.4 Å². The first-order chi connectivity index (χ1) is 8.92. The number of nitrogens with one attached hydrogen (secondary N) is 1. The lowest BCUT2D eigenvalue weighted by molar-refractivity contribution is -0.140. The summed E-state index contributed by atoms with van der Waals surface area (Å²) in [6, 6.07) is -1.87. The molecule has 4 N–H and O–H groups in total. The maximum absolute atomic E-state index is 11.8. The number of aliphatic carboxylic acids is 2. The third-order valence-corrected chi connectivity index (χ3v) is 2.39. The molecule has 0 aromatic rings. The Bertz CT molecular complexity index is 314. The van der Waals surface area contributed by atoms with Crippen molar-refractivity contribution in [3.63, 3.8) is 0 Å². The van der Waals surface area contributed by atoms with E-state index in [-0.39, 0.29) is 26.0 Å². The molecular weight excluding hydrogens is 256 g/mol. The van der Waals surface area contributed by atoms with Gasteiger partial charge in [0.05, 0.1) is 6.61 Å². The molecule has 8 heteroatoms. The van der Waals surface area contributed by atoms with Gasteiger partial charge in [0.25, 0.3) is 0 Å². The molecular formula is C11H20N2O6. The van der Waals surface area contributed by atoms with Crippen molar-refractivity contribution in [2.24, 2.45) is 0 Å². The van der Waals surface area contributed by atoms with E-state index in [4.69, 9.17) is 15.3 Å². The van der Waals surface area contributed by atoms with Crippen LogP contribution in [-0.2, 0) is 9.59 Å². The molecule has 110 valence electrons. The zero-order valence-corrected chi connectivity index (χ0v) is 10.8. The highest BCUT2D eigenvalue weighted by Gasteiger charge is 2.23. The Morgan fingerprint density at radius 1 is 1.21 bits per heavy atom. The third-order valence-electron chi connectivity index (χ3n) is 2.39. The fourth-order valence-electron chi connectivity index (χ4n) is 1.47. The van der Waals surface area contributed by atoms with E-state index in [0.717, 1.165) is 0 Å². The molecule has 1 unspecified atom stereocenters. The van der Waals surface area contributed by atoms with E-state index in [2.05, 4.69) is 5.32 Å². The second-order valence-electron chi connectivity index (χ2n) is 3.98. The Kier molecular flexibility index (Phi) is 8.27. The van der Waals surface area contributed by atoms with Crippen LogP contribution in [0.4, 0.5) is 4.79 Å². The van der Waals surface area contributed by atoms with E-state index in [0.29, 0.717) is 13.0 Å². The number of nitrogens with zero attached hydrogens (tertiary/aromatic N) is 1. The average molecular weight is 276 g/mol. The van der Waals surface area contributed by atoms with Crippen molar-refractivity contribution >= 4 is 18.0 Å². The Hall–Kier alpha value is -1.83. The number of urea groups is 1. The number of aliphatic hydroxyl groups excluding tert-OH is 1. The van der Waals surface area contributed by atoms with Crippen molar-refractivity contribution in [3.8, 4) is 0 Å². The highest BCUT2D eigenvalue weighted by atomic mass is 16.4. The number of hydrogen-bond donors (Lipinski definition) is 4. The first kappa shape index (κ1) is 17.2. The maximum Gasteiger partial charge on any atom is 0.326 e. The summed E-state index contributed by atoms with van der Waals surface area (Å²) in [5.74, 6) is -2.41. The van der Waals surface area contributed by atoms with Crippen molar-refractivity contribution in [2.45, 2.75) is 32.2 Å². The first-order valence-electron chi connectivity index (χ1n) is 6.03. The van der Waals surface area contributed by atoms with Gasteiger partial charge in [-0.2, -0.15) is 0 Å². The average Bonchev–Trinajstić information content (AvgIpc) is 2.33. The van der Waals surface area contributed by atoms with Gasteiger partial charge in [-0.1, -0.05) is 6.92 Å². The summed E-state index contributed by atoms with van der Waals surface area (Å²) in [6.45, 7) is 2.11. The van der Waals surface area contributed by atoms with Crippen LogP contribution < -0.4 is 5.32 Å². The van der Waals surface area contributed by atoms with Gasteiger partial charge in [0, 0.05) is 19.5 Å². The molecule has 0 aliphatic carbocycles. The van der Waals surface area contributed by atoms with Crippen LogP contribution >= 0.6 is 0 Å². The Morgan fingerprint density at radius 2 is 1.84 bits per heavy atom. The van der Waals surface area contributed by atoms with Crippen molar-refractivity contribution in [1.29, 1.82) is 0 Å². The number of amides is 2. The van der Waals surface area contributed by atoms with Crippen LogP contribution in [0.3, 0.4) is 0 Å². The number of carboxylic acids is 2. The predicted molar refractivity (Wildman–Crippen MR) is 65.8 cm³/mol. The van der Waals surface area contributed by atoms with Crippen molar-refractivity contribution < 1.29 is 29.7 Å². The zero-order chi connectivity index (χ0) is 14.8. The summed E-state index contributed by atoms with van der Waals surface area (Å²) >= 11 is 0. The molecule has 0 aliphatic heterocycles. The molecule has 8 nitrogen and oxygen atoms in total. The molecule has 0 saturated heterocycles. The molecule has 0 rings (SSSR count). The molecule has 0 aromatic carbocycles. The monoisotopic (exact) mass is 276 g/mol. The fourth-order valence-corrected chi connectivity index (χ4v) is 1.47. The molecule has 0 heterocycles.